The summed E-state index contributed by atoms with van der Waals surface area (Å²) in [6.45, 7) is 6.89. The highest BCUT2D eigenvalue weighted by Crippen LogP contribution is 2.43. The molecule has 2 aromatic rings. The van der Waals surface area contributed by atoms with Gasteiger partial charge in [-0.05, 0) is 57.2 Å². The van der Waals surface area contributed by atoms with E-state index in [2.05, 4.69) is 75.4 Å². The van der Waals surface area contributed by atoms with Gasteiger partial charge in [0, 0.05) is 0 Å². The van der Waals surface area contributed by atoms with E-state index in [1.54, 1.807) is 0 Å². The van der Waals surface area contributed by atoms with E-state index in [1.165, 1.54) is 39.0 Å². The Balaban J connectivity index is 1.79. The van der Waals surface area contributed by atoms with E-state index in [4.69, 9.17) is 0 Å². The predicted octanol–water partition coefficient (Wildman–Crippen LogP) is 6.02. The van der Waals surface area contributed by atoms with Crippen molar-refractivity contribution in [3.05, 3.63) is 76.9 Å². The molecular formula is C22H22. The SMILES string of the molecule is CC(C)(C)C1=CCC(c2cccc3c2Cc2ccccc2-3)=C1. The van der Waals surface area contributed by atoms with Crippen LogP contribution in [0.15, 0.2) is 60.2 Å². The summed E-state index contributed by atoms with van der Waals surface area (Å²) in [5.74, 6) is 0. The fraction of sp³-hybridized carbons (Fsp3) is 0.273. The molecule has 0 atom stereocenters. The first-order valence-electron chi connectivity index (χ1n) is 8.16. The van der Waals surface area contributed by atoms with Crippen LogP contribution < -0.4 is 0 Å². The fourth-order valence-corrected chi connectivity index (χ4v) is 3.69. The molecule has 0 aromatic heterocycles. The van der Waals surface area contributed by atoms with E-state index in [1.807, 2.05) is 0 Å². The monoisotopic (exact) mass is 286 g/mol. The summed E-state index contributed by atoms with van der Waals surface area (Å²) >= 11 is 0. The average molecular weight is 286 g/mol. The summed E-state index contributed by atoms with van der Waals surface area (Å²) in [7, 11) is 0. The van der Waals surface area contributed by atoms with Gasteiger partial charge >= 0.3 is 0 Å². The van der Waals surface area contributed by atoms with Crippen LogP contribution in [0.2, 0.25) is 0 Å². The maximum Gasteiger partial charge on any atom is -0.000740 e. The molecule has 0 saturated heterocycles. The van der Waals surface area contributed by atoms with Gasteiger partial charge in [0.25, 0.3) is 0 Å². The minimum absolute atomic E-state index is 0.239. The minimum Gasteiger partial charge on any atom is -0.0763 e. The highest BCUT2D eigenvalue weighted by Gasteiger charge is 2.24. The number of hydrogen-bond acceptors (Lipinski definition) is 0. The molecule has 0 radical (unpaired) electrons. The molecule has 0 spiro atoms. The van der Waals surface area contributed by atoms with Crippen LogP contribution in [0.5, 0.6) is 0 Å². The zero-order valence-corrected chi connectivity index (χ0v) is 13.6. The highest BCUT2D eigenvalue weighted by atomic mass is 14.3. The normalized spacial score (nSPS) is 16.1. The molecule has 4 rings (SSSR count). The maximum absolute atomic E-state index is 2.42. The topological polar surface area (TPSA) is 0 Å². The van der Waals surface area contributed by atoms with E-state index in [-0.39, 0.29) is 5.41 Å². The molecule has 22 heavy (non-hydrogen) atoms. The van der Waals surface area contributed by atoms with Gasteiger partial charge in [-0.3, -0.25) is 0 Å². The van der Waals surface area contributed by atoms with E-state index in [0.29, 0.717) is 0 Å². The van der Waals surface area contributed by atoms with E-state index < -0.39 is 0 Å². The minimum atomic E-state index is 0.239. The summed E-state index contributed by atoms with van der Waals surface area (Å²) < 4.78 is 0. The molecule has 2 aromatic carbocycles. The Morgan fingerprint density at radius 3 is 2.32 bits per heavy atom. The van der Waals surface area contributed by atoms with Gasteiger partial charge in [0.15, 0.2) is 0 Å². The Hall–Kier alpha value is -2.08. The second-order valence-corrected chi connectivity index (χ2v) is 7.45. The Morgan fingerprint density at radius 1 is 0.818 bits per heavy atom. The Kier molecular flexibility index (Phi) is 2.91. The fourth-order valence-electron chi connectivity index (χ4n) is 3.69. The largest absolute Gasteiger partial charge is 0.0763 e. The third kappa shape index (κ3) is 2.06. The first-order chi connectivity index (χ1) is 10.5. The van der Waals surface area contributed by atoms with Gasteiger partial charge in [0.05, 0.1) is 0 Å². The van der Waals surface area contributed by atoms with Gasteiger partial charge in [0.2, 0.25) is 0 Å². The van der Waals surface area contributed by atoms with Crippen LogP contribution in [0, 0.1) is 5.41 Å². The molecule has 2 aliphatic carbocycles. The number of fused-ring (bicyclic) bond motifs is 3. The molecule has 0 heteroatoms. The summed E-state index contributed by atoms with van der Waals surface area (Å²) in [5, 5.41) is 0. The van der Waals surface area contributed by atoms with Crippen molar-refractivity contribution in [3.63, 3.8) is 0 Å². The van der Waals surface area contributed by atoms with Crippen molar-refractivity contribution in [3.8, 4) is 11.1 Å². The Morgan fingerprint density at radius 2 is 1.55 bits per heavy atom. The molecule has 0 nitrogen and oxygen atoms in total. The van der Waals surface area contributed by atoms with Crippen molar-refractivity contribution in [2.24, 2.45) is 5.41 Å². The van der Waals surface area contributed by atoms with Crippen LogP contribution in [0.3, 0.4) is 0 Å². The summed E-state index contributed by atoms with van der Waals surface area (Å²) in [6.07, 6.45) is 6.96. The molecule has 0 saturated carbocycles. The van der Waals surface area contributed by atoms with Crippen LogP contribution in [-0.4, -0.2) is 0 Å². The van der Waals surface area contributed by atoms with E-state index >= 15 is 0 Å². The predicted molar refractivity (Wildman–Crippen MR) is 94.8 cm³/mol. The van der Waals surface area contributed by atoms with Crippen LogP contribution in [0.4, 0.5) is 0 Å². The quantitative estimate of drug-likeness (QED) is 0.513. The first-order valence-corrected chi connectivity index (χ1v) is 8.16. The summed E-state index contributed by atoms with van der Waals surface area (Å²) in [4.78, 5) is 0. The second kappa shape index (κ2) is 4.71. The zero-order chi connectivity index (χ0) is 15.3. The van der Waals surface area contributed by atoms with Crippen molar-refractivity contribution >= 4 is 5.57 Å². The van der Waals surface area contributed by atoms with Crippen molar-refractivity contribution in [2.75, 3.05) is 0 Å². The lowest BCUT2D eigenvalue weighted by molar-refractivity contribution is 0.518. The van der Waals surface area contributed by atoms with Crippen molar-refractivity contribution in [2.45, 2.75) is 33.6 Å². The molecule has 2 aliphatic rings. The van der Waals surface area contributed by atoms with E-state index in [9.17, 15) is 0 Å². The lowest BCUT2D eigenvalue weighted by atomic mass is 9.87. The van der Waals surface area contributed by atoms with Crippen LogP contribution in [0.1, 0.15) is 43.9 Å². The van der Waals surface area contributed by atoms with Crippen molar-refractivity contribution < 1.29 is 0 Å². The first kappa shape index (κ1) is 13.6. The van der Waals surface area contributed by atoms with Crippen LogP contribution in [-0.2, 0) is 6.42 Å². The number of allylic oxidation sites excluding steroid dienone is 4. The molecular weight excluding hydrogens is 264 g/mol. The Bertz CT molecular complexity index is 810. The van der Waals surface area contributed by atoms with E-state index in [0.717, 1.165) is 12.8 Å². The van der Waals surface area contributed by atoms with Crippen LogP contribution >= 0.6 is 0 Å². The average Bonchev–Trinajstić information content (AvgIpc) is 3.11. The van der Waals surface area contributed by atoms with Gasteiger partial charge in [-0.15, -0.1) is 0 Å². The molecule has 0 N–H and O–H groups in total. The van der Waals surface area contributed by atoms with Crippen molar-refractivity contribution in [1.29, 1.82) is 0 Å². The number of rotatable bonds is 1. The summed E-state index contributed by atoms with van der Waals surface area (Å²) in [5.41, 5.74) is 10.5. The van der Waals surface area contributed by atoms with Gasteiger partial charge in [0.1, 0.15) is 0 Å². The van der Waals surface area contributed by atoms with Gasteiger partial charge < -0.3 is 0 Å². The number of benzene rings is 2. The zero-order valence-electron chi connectivity index (χ0n) is 13.6. The lowest BCUT2D eigenvalue weighted by Crippen LogP contribution is -2.05. The van der Waals surface area contributed by atoms with Crippen LogP contribution in [0.25, 0.3) is 16.7 Å². The lowest BCUT2D eigenvalue weighted by Gasteiger charge is -2.18. The van der Waals surface area contributed by atoms with Gasteiger partial charge in [-0.2, -0.15) is 0 Å². The molecule has 0 aliphatic heterocycles. The standard InChI is InChI=1S/C22H22/c1-22(2,3)17-12-11-16(13-17)19-9-6-10-20-18-8-5-4-7-15(18)14-21(19)20/h4-10,12-13H,11,14H2,1-3H3. The molecule has 0 unspecified atom stereocenters. The Labute approximate surface area is 133 Å². The second-order valence-electron chi connectivity index (χ2n) is 7.45. The third-order valence-electron chi connectivity index (χ3n) is 4.93. The highest BCUT2D eigenvalue weighted by molar-refractivity contribution is 5.85. The van der Waals surface area contributed by atoms with Crippen molar-refractivity contribution in [1.82, 2.24) is 0 Å². The molecule has 0 bridgehead atoms. The van der Waals surface area contributed by atoms with Gasteiger partial charge in [-0.25, -0.2) is 0 Å². The number of hydrogen-bond donors (Lipinski definition) is 0. The third-order valence-corrected chi connectivity index (χ3v) is 4.93. The molecule has 0 amide bonds. The maximum atomic E-state index is 2.42. The molecule has 0 fully saturated rings. The molecule has 0 heterocycles. The summed E-state index contributed by atoms with van der Waals surface area (Å²) in [6, 6.07) is 15.6. The molecule has 110 valence electrons. The van der Waals surface area contributed by atoms with Gasteiger partial charge in [-0.1, -0.05) is 75.4 Å². The smallest absolute Gasteiger partial charge is 0.000740 e.